The van der Waals surface area contributed by atoms with Crippen LogP contribution in [0.5, 0.6) is 0 Å². The van der Waals surface area contributed by atoms with Gasteiger partial charge in [0.2, 0.25) is 5.91 Å². The van der Waals surface area contributed by atoms with Crippen molar-refractivity contribution in [2.75, 3.05) is 11.9 Å². The molecular weight excluding hydrogens is 298 g/mol. The average Bonchev–Trinajstić information content (AvgIpc) is 2.34. The number of hydrogen-bond donors (Lipinski definition) is 4. The largest absolute Gasteiger partial charge is 0.465 e. The summed E-state index contributed by atoms with van der Waals surface area (Å²) in [5.74, 6) is -0.661. The molecule has 0 aliphatic rings. The minimum absolute atomic E-state index is 0.0278. The van der Waals surface area contributed by atoms with Gasteiger partial charge in [0.05, 0.1) is 4.90 Å². The van der Waals surface area contributed by atoms with Gasteiger partial charge in [0, 0.05) is 25.2 Å². The van der Waals surface area contributed by atoms with E-state index in [1.165, 1.54) is 24.3 Å². The lowest BCUT2D eigenvalue weighted by atomic mass is 10.3. The second-order valence-corrected chi connectivity index (χ2v) is 6.10. The smallest absolute Gasteiger partial charge is 0.404 e. The lowest BCUT2D eigenvalue weighted by Gasteiger charge is -2.13. The first-order valence-corrected chi connectivity index (χ1v) is 7.56. The molecule has 0 saturated carbocycles. The maximum absolute atomic E-state index is 11.7. The number of rotatable bonds is 6. The van der Waals surface area contributed by atoms with Gasteiger partial charge in [0.15, 0.2) is 0 Å². The third-order valence-corrected chi connectivity index (χ3v) is 3.87. The van der Waals surface area contributed by atoms with Crippen LogP contribution >= 0.6 is 0 Å². The highest BCUT2D eigenvalue weighted by atomic mass is 32.2. The average molecular weight is 315 g/mol. The van der Waals surface area contributed by atoms with Crippen LogP contribution < -0.4 is 15.4 Å². The van der Waals surface area contributed by atoms with Gasteiger partial charge < -0.3 is 15.7 Å². The van der Waals surface area contributed by atoms with Gasteiger partial charge >= 0.3 is 6.09 Å². The van der Waals surface area contributed by atoms with Crippen molar-refractivity contribution >= 4 is 27.7 Å². The Balaban J connectivity index is 2.66. The number of carboxylic acid groups (broad SMARTS) is 1. The highest BCUT2D eigenvalue weighted by molar-refractivity contribution is 7.90. The quantitative estimate of drug-likeness (QED) is 0.608. The van der Waals surface area contributed by atoms with Crippen molar-refractivity contribution in [2.45, 2.75) is 24.8 Å². The molecule has 1 atom stereocenters. The zero-order valence-electron chi connectivity index (χ0n) is 11.6. The highest BCUT2D eigenvalue weighted by Crippen LogP contribution is 2.13. The van der Waals surface area contributed by atoms with Gasteiger partial charge in [-0.25, -0.2) is 17.9 Å². The first-order chi connectivity index (χ1) is 9.70. The monoisotopic (exact) mass is 315 g/mol. The maximum Gasteiger partial charge on any atom is 0.404 e. The van der Waals surface area contributed by atoms with Gasteiger partial charge in [0.1, 0.15) is 0 Å². The summed E-state index contributed by atoms with van der Waals surface area (Å²) in [6, 6.07) is 5.46. The molecule has 0 aliphatic carbocycles. The summed E-state index contributed by atoms with van der Waals surface area (Å²) in [5, 5.41) is 13.8. The second-order valence-electron chi connectivity index (χ2n) is 4.42. The molecule has 21 heavy (non-hydrogen) atoms. The van der Waals surface area contributed by atoms with Gasteiger partial charge in [-0.2, -0.15) is 0 Å². The van der Waals surface area contributed by atoms with E-state index in [0.717, 1.165) is 6.92 Å². The number of sulfonamides is 1. The Labute approximate surface area is 122 Å². The van der Waals surface area contributed by atoms with E-state index in [-0.39, 0.29) is 10.9 Å². The molecule has 0 fully saturated rings. The lowest BCUT2D eigenvalue weighted by molar-refractivity contribution is -0.117. The van der Waals surface area contributed by atoms with Crippen LogP contribution in [0.15, 0.2) is 29.2 Å². The normalized spacial score (nSPS) is 12.3. The Kier molecular flexibility index (Phi) is 5.53. The topological polar surface area (TPSA) is 125 Å². The Bertz CT molecular complexity index is 612. The molecule has 2 amide bonds. The zero-order chi connectivity index (χ0) is 16.0. The molecule has 116 valence electrons. The molecule has 1 aromatic carbocycles. The molecule has 0 aliphatic heterocycles. The molecule has 0 unspecified atom stereocenters. The van der Waals surface area contributed by atoms with Crippen LogP contribution in [0.1, 0.15) is 13.8 Å². The van der Waals surface area contributed by atoms with Crippen molar-refractivity contribution < 1.29 is 23.1 Å². The molecule has 8 nitrogen and oxygen atoms in total. The van der Waals surface area contributed by atoms with Crippen LogP contribution in [0.2, 0.25) is 0 Å². The number of benzene rings is 1. The van der Waals surface area contributed by atoms with E-state index in [9.17, 15) is 18.0 Å². The van der Waals surface area contributed by atoms with E-state index < -0.39 is 22.0 Å². The first-order valence-electron chi connectivity index (χ1n) is 6.07. The summed E-state index contributed by atoms with van der Waals surface area (Å²) in [6.07, 6.45) is -1.11. The fraction of sp³-hybridized carbons (Fsp3) is 0.333. The number of amides is 2. The molecular formula is C12H17N3O5S. The molecule has 0 heterocycles. The Morgan fingerprint density at radius 3 is 2.29 bits per heavy atom. The summed E-state index contributed by atoms with van der Waals surface area (Å²) in [4.78, 5) is 21.2. The van der Waals surface area contributed by atoms with E-state index in [0.29, 0.717) is 12.2 Å². The predicted molar refractivity (Wildman–Crippen MR) is 76.6 cm³/mol. The number of nitrogens with one attached hydrogen (secondary N) is 3. The summed E-state index contributed by atoms with van der Waals surface area (Å²) < 4.78 is 25.3. The van der Waals surface area contributed by atoms with E-state index in [1.807, 2.05) is 4.72 Å². The third kappa shape index (κ3) is 5.69. The van der Waals surface area contributed by atoms with Gasteiger partial charge in [-0.3, -0.25) is 4.79 Å². The van der Waals surface area contributed by atoms with Crippen molar-refractivity contribution in [3.05, 3.63) is 24.3 Å². The van der Waals surface area contributed by atoms with Crippen molar-refractivity contribution in [3.63, 3.8) is 0 Å². The number of anilines is 1. The second kappa shape index (κ2) is 6.93. The van der Waals surface area contributed by atoms with E-state index in [2.05, 4.69) is 10.6 Å². The van der Waals surface area contributed by atoms with Gasteiger partial charge in [-0.1, -0.05) is 0 Å². The maximum atomic E-state index is 11.7. The fourth-order valence-electron chi connectivity index (χ4n) is 1.53. The van der Waals surface area contributed by atoms with Crippen LogP contribution in [-0.2, 0) is 14.8 Å². The Morgan fingerprint density at radius 2 is 1.81 bits per heavy atom. The molecule has 0 bridgehead atoms. The molecule has 0 spiro atoms. The number of carbonyl (C=O) groups excluding carboxylic acids is 1. The molecule has 0 saturated heterocycles. The van der Waals surface area contributed by atoms with Crippen LogP contribution in [0.25, 0.3) is 0 Å². The minimum Gasteiger partial charge on any atom is -0.465 e. The lowest BCUT2D eigenvalue weighted by Crippen LogP contribution is -2.36. The van der Waals surface area contributed by atoms with Gasteiger partial charge in [-0.05, 0) is 31.2 Å². The zero-order valence-corrected chi connectivity index (χ0v) is 12.4. The van der Waals surface area contributed by atoms with Crippen LogP contribution in [-0.4, -0.2) is 38.1 Å². The van der Waals surface area contributed by atoms with Crippen molar-refractivity contribution in [1.82, 2.24) is 10.0 Å². The van der Waals surface area contributed by atoms with Gasteiger partial charge in [0.25, 0.3) is 10.0 Å². The van der Waals surface area contributed by atoms with Gasteiger partial charge in [-0.15, -0.1) is 0 Å². The third-order valence-electron chi connectivity index (χ3n) is 2.42. The molecule has 9 heteroatoms. The number of hydrogen-bond acceptors (Lipinski definition) is 5. The predicted octanol–water partition coefficient (Wildman–Crippen LogP) is 0.579. The van der Waals surface area contributed by atoms with E-state index in [4.69, 9.17) is 5.11 Å². The Hall–Kier alpha value is -2.29. The standard InChI is InChI=1S/C12H17N3O5S/c1-8(14-12(17)18)7-13-10-3-5-11(6-4-10)21(19,20)15-9(2)16/h3-6,8,13-14H,7H2,1-2H3,(H,15,16)(H,17,18)/t8-/m0/s1. The molecule has 4 N–H and O–H groups in total. The summed E-state index contributed by atoms with van der Waals surface area (Å²) in [5.41, 5.74) is 0.635. The van der Waals surface area contributed by atoms with E-state index >= 15 is 0 Å². The molecule has 1 aromatic rings. The number of carbonyl (C=O) groups is 2. The fourth-order valence-corrected chi connectivity index (χ4v) is 2.52. The SMILES string of the molecule is CC(=O)NS(=O)(=O)c1ccc(NC[C@H](C)NC(=O)O)cc1. The molecule has 0 aromatic heterocycles. The minimum atomic E-state index is -3.84. The first kappa shape index (κ1) is 16.8. The van der Waals surface area contributed by atoms with E-state index in [1.54, 1.807) is 6.92 Å². The van der Waals surface area contributed by atoms with Crippen molar-refractivity contribution in [2.24, 2.45) is 0 Å². The Morgan fingerprint density at radius 1 is 1.24 bits per heavy atom. The summed E-state index contributed by atoms with van der Waals surface area (Å²) in [7, 11) is -3.84. The van der Waals surface area contributed by atoms with Crippen molar-refractivity contribution in [1.29, 1.82) is 0 Å². The summed E-state index contributed by atoms with van der Waals surface area (Å²) >= 11 is 0. The van der Waals surface area contributed by atoms with Crippen LogP contribution in [0.4, 0.5) is 10.5 Å². The molecule has 0 radical (unpaired) electrons. The molecule has 1 rings (SSSR count). The van der Waals surface area contributed by atoms with Crippen molar-refractivity contribution in [3.8, 4) is 0 Å². The van der Waals surface area contributed by atoms with Crippen LogP contribution in [0, 0.1) is 0 Å². The highest BCUT2D eigenvalue weighted by Gasteiger charge is 2.15. The summed E-state index contributed by atoms with van der Waals surface area (Å²) in [6.45, 7) is 3.16. The van der Waals surface area contributed by atoms with Crippen LogP contribution in [0.3, 0.4) is 0 Å².